The Morgan fingerprint density at radius 3 is 2.50 bits per heavy atom. The van der Waals surface area contributed by atoms with Crippen LogP contribution in [0, 0.1) is 0 Å². The quantitative estimate of drug-likeness (QED) is 0.586. The number of hydrogen-bond donors (Lipinski definition) is 1. The van der Waals surface area contributed by atoms with E-state index in [0.717, 1.165) is 6.42 Å². The minimum absolute atomic E-state index is 0.0726. The Hall–Kier alpha value is -1.91. The lowest BCUT2D eigenvalue weighted by atomic mass is 10.2. The number of nitrogens with zero attached hydrogens (tertiary/aromatic N) is 4. The lowest BCUT2D eigenvalue weighted by Gasteiger charge is -2.19. The van der Waals surface area contributed by atoms with Gasteiger partial charge in [-0.05, 0) is 25.5 Å². The van der Waals surface area contributed by atoms with Crippen LogP contribution < -0.4 is 5.73 Å². The van der Waals surface area contributed by atoms with Crippen molar-refractivity contribution in [2.75, 3.05) is 18.8 Å². The molecule has 0 aliphatic carbocycles. The SMILES string of the molecule is CC[C@H](C)n1c(SCC(N)=O)nnc1-c1cccc(S(=O)(=O)N(CC)CC)c1. The number of thioether (sulfide) groups is 1. The number of aromatic nitrogens is 3. The van der Waals surface area contributed by atoms with Gasteiger partial charge >= 0.3 is 0 Å². The summed E-state index contributed by atoms with van der Waals surface area (Å²) in [6, 6.07) is 6.80. The summed E-state index contributed by atoms with van der Waals surface area (Å²) in [7, 11) is -3.58. The minimum Gasteiger partial charge on any atom is -0.369 e. The van der Waals surface area contributed by atoms with E-state index in [1.807, 2.05) is 38.3 Å². The van der Waals surface area contributed by atoms with Crippen LogP contribution in [0.4, 0.5) is 0 Å². The molecule has 0 fully saturated rings. The molecule has 10 heteroatoms. The standard InChI is InChI=1S/C18H27N5O3S2/c1-5-13(4)23-17(20-21-18(23)27-12-16(19)24)14-9-8-10-15(11-14)28(25,26)22(6-2)7-3/h8-11,13H,5-7,12H2,1-4H3,(H2,19,24)/t13-/m0/s1. The number of benzene rings is 1. The molecule has 0 aliphatic rings. The molecule has 2 aromatic rings. The minimum atomic E-state index is -3.58. The largest absolute Gasteiger partial charge is 0.369 e. The van der Waals surface area contributed by atoms with Gasteiger partial charge in [-0.2, -0.15) is 4.31 Å². The second-order valence-electron chi connectivity index (χ2n) is 6.31. The molecule has 1 aromatic heterocycles. The molecule has 0 saturated heterocycles. The number of rotatable bonds is 10. The number of sulfonamides is 1. The van der Waals surface area contributed by atoms with Gasteiger partial charge in [-0.1, -0.05) is 44.7 Å². The summed E-state index contributed by atoms with van der Waals surface area (Å²) in [5, 5.41) is 9.06. The summed E-state index contributed by atoms with van der Waals surface area (Å²) in [6.45, 7) is 8.50. The molecule has 1 amide bonds. The molecular weight excluding hydrogens is 398 g/mol. The molecule has 0 unspecified atom stereocenters. The summed E-state index contributed by atoms with van der Waals surface area (Å²) in [6.07, 6.45) is 0.826. The first-order chi connectivity index (χ1) is 13.3. The van der Waals surface area contributed by atoms with E-state index in [0.29, 0.717) is 29.6 Å². The zero-order chi connectivity index (χ0) is 20.9. The van der Waals surface area contributed by atoms with Gasteiger partial charge in [0.05, 0.1) is 10.6 Å². The molecule has 1 aromatic carbocycles. The van der Waals surface area contributed by atoms with Crippen molar-refractivity contribution in [1.29, 1.82) is 0 Å². The number of hydrogen-bond acceptors (Lipinski definition) is 6. The lowest BCUT2D eigenvalue weighted by molar-refractivity contribution is -0.115. The fourth-order valence-electron chi connectivity index (χ4n) is 2.80. The fourth-order valence-corrected chi connectivity index (χ4v) is 5.08. The molecule has 2 N–H and O–H groups in total. The normalized spacial score (nSPS) is 13.0. The molecule has 0 spiro atoms. The third kappa shape index (κ3) is 4.73. The summed E-state index contributed by atoms with van der Waals surface area (Å²) in [4.78, 5) is 11.4. The topological polar surface area (TPSA) is 111 Å². The van der Waals surface area contributed by atoms with Crippen LogP contribution in [-0.4, -0.2) is 52.2 Å². The number of amides is 1. The first-order valence-corrected chi connectivity index (χ1v) is 11.6. The van der Waals surface area contributed by atoms with E-state index in [1.165, 1.54) is 16.1 Å². The van der Waals surface area contributed by atoms with Gasteiger partial charge in [0.2, 0.25) is 15.9 Å². The van der Waals surface area contributed by atoms with Gasteiger partial charge < -0.3 is 5.73 Å². The van der Waals surface area contributed by atoms with Crippen molar-refractivity contribution in [2.45, 2.75) is 50.2 Å². The molecule has 154 valence electrons. The van der Waals surface area contributed by atoms with Gasteiger partial charge in [0.25, 0.3) is 0 Å². The highest BCUT2D eigenvalue weighted by atomic mass is 32.2. The van der Waals surface area contributed by atoms with Crippen LogP contribution >= 0.6 is 11.8 Å². The lowest BCUT2D eigenvalue weighted by Crippen LogP contribution is -2.30. The van der Waals surface area contributed by atoms with Crippen molar-refractivity contribution >= 4 is 27.7 Å². The van der Waals surface area contributed by atoms with Crippen molar-refractivity contribution in [1.82, 2.24) is 19.1 Å². The molecule has 0 aliphatic heterocycles. The molecule has 1 atom stereocenters. The van der Waals surface area contributed by atoms with E-state index in [-0.39, 0.29) is 16.7 Å². The third-order valence-electron chi connectivity index (χ3n) is 4.48. The van der Waals surface area contributed by atoms with Crippen molar-refractivity contribution in [3.8, 4) is 11.4 Å². The number of nitrogens with two attached hydrogens (primary N) is 1. The summed E-state index contributed by atoms with van der Waals surface area (Å²) in [5.41, 5.74) is 5.91. The van der Waals surface area contributed by atoms with Crippen LogP contribution in [0.1, 0.15) is 40.2 Å². The Labute approximate surface area is 170 Å². The van der Waals surface area contributed by atoms with Crippen molar-refractivity contribution in [3.63, 3.8) is 0 Å². The van der Waals surface area contributed by atoms with Gasteiger partial charge in [0.15, 0.2) is 11.0 Å². The molecular formula is C18H27N5O3S2. The van der Waals surface area contributed by atoms with E-state index < -0.39 is 15.9 Å². The van der Waals surface area contributed by atoms with Crippen molar-refractivity contribution in [3.05, 3.63) is 24.3 Å². The predicted molar refractivity (Wildman–Crippen MR) is 110 cm³/mol. The number of primary amides is 1. The smallest absolute Gasteiger partial charge is 0.243 e. The highest BCUT2D eigenvalue weighted by Crippen LogP contribution is 2.30. The zero-order valence-corrected chi connectivity index (χ0v) is 18.3. The number of carbonyl (C=O) groups is 1. The average molecular weight is 426 g/mol. The second kappa shape index (κ2) is 9.53. The van der Waals surface area contributed by atoms with Crippen molar-refractivity contribution < 1.29 is 13.2 Å². The first kappa shape index (κ1) is 22.4. The molecule has 8 nitrogen and oxygen atoms in total. The monoisotopic (exact) mass is 425 g/mol. The van der Waals surface area contributed by atoms with Crippen LogP contribution in [0.15, 0.2) is 34.3 Å². The van der Waals surface area contributed by atoms with Gasteiger partial charge in [-0.25, -0.2) is 8.42 Å². The van der Waals surface area contributed by atoms with E-state index in [1.54, 1.807) is 18.2 Å². The van der Waals surface area contributed by atoms with Crippen LogP contribution in [0.3, 0.4) is 0 Å². The van der Waals surface area contributed by atoms with E-state index >= 15 is 0 Å². The van der Waals surface area contributed by atoms with Gasteiger partial charge in [-0.15, -0.1) is 10.2 Å². The maximum absolute atomic E-state index is 12.9. The third-order valence-corrected chi connectivity index (χ3v) is 7.49. The van der Waals surface area contributed by atoms with Gasteiger partial charge in [0.1, 0.15) is 0 Å². The predicted octanol–water partition coefficient (Wildman–Crippen LogP) is 2.52. The Morgan fingerprint density at radius 1 is 1.25 bits per heavy atom. The molecule has 0 saturated carbocycles. The van der Waals surface area contributed by atoms with Crippen LogP contribution in [0.5, 0.6) is 0 Å². The Morgan fingerprint density at radius 2 is 1.93 bits per heavy atom. The van der Waals surface area contributed by atoms with Crippen LogP contribution in [0.25, 0.3) is 11.4 Å². The molecule has 28 heavy (non-hydrogen) atoms. The fraction of sp³-hybridized carbons (Fsp3) is 0.500. The maximum atomic E-state index is 12.9. The highest BCUT2D eigenvalue weighted by molar-refractivity contribution is 7.99. The Kier molecular flexibility index (Phi) is 7.62. The zero-order valence-electron chi connectivity index (χ0n) is 16.6. The van der Waals surface area contributed by atoms with E-state index in [9.17, 15) is 13.2 Å². The van der Waals surface area contributed by atoms with Crippen molar-refractivity contribution in [2.24, 2.45) is 5.73 Å². The Bertz CT molecular complexity index is 923. The van der Waals surface area contributed by atoms with E-state index in [2.05, 4.69) is 10.2 Å². The Balaban J connectivity index is 2.52. The summed E-state index contributed by atoms with van der Waals surface area (Å²) >= 11 is 1.22. The summed E-state index contributed by atoms with van der Waals surface area (Å²) in [5.74, 6) is 0.237. The second-order valence-corrected chi connectivity index (χ2v) is 9.19. The van der Waals surface area contributed by atoms with Gasteiger partial charge in [0, 0.05) is 24.7 Å². The molecule has 2 rings (SSSR count). The first-order valence-electron chi connectivity index (χ1n) is 9.22. The van der Waals surface area contributed by atoms with Crippen LogP contribution in [0.2, 0.25) is 0 Å². The molecule has 0 bridgehead atoms. The molecule has 1 heterocycles. The summed E-state index contributed by atoms with van der Waals surface area (Å²) < 4.78 is 29.1. The average Bonchev–Trinajstić information content (AvgIpc) is 3.10. The van der Waals surface area contributed by atoms with E-state index in [4.69, 9.17) is 5.73 Å². The van der Waals surface area contributed by atoms with Crippen LogP contribution in [-0.2, 0) is 14.8 Å². The van der Waals surface area contributed by atoms with Gasteiger partial charge in [-0.3, -0.25) is 9.36 Å². The highest BCUT2D eigenvalue weighted by Gasteiger charge is 2.24. The molecule has 0 radical (unpaired) electrons. The number of carbonyl (C=O) groups excluding carboxylic acids is 1. The maximum Gasteiger partial charge on any atom is 0.243 e.